The van der Waals surface area contributed by atoms with E-state index >= 15 is 0 Å². The third-order valence-corrected chi connectivity index (χ3v) is 6.31. The standard InChI is InChI=1S/C24H29F3N6O2/c1-14(2)33-13-19-20(22(33)35)29-23(32-11-9-31(10-12-32)16(4)34)30-21(19)28-15(3)17-5-7-18(8-6-17)24(25,26)27/h5-8,13-15,35H,9-12H2,1-4H3,(H,28,29,30). The number of benzene rings is 1. The molecule has 1 saturated heterocycles. The van der Waals surface area contributed by atoms with E-state index in [1.807, 2.05) is 25.7 Å². The van der Waals surface area contributed by atoms with Gasteiger partial charge in [0.2, 0.25) is 17.7 Å². The molecule has 2 N–H and O–H groups in total. The average Bonchev–Trinajstić information content (AvgIpc) is 3.15. The topological polar surface area (TPSA) is 86.5 Å². The molecule has 8 nitrogen and oxygen atoms in total. The third kappa shape index (κ3) is 4.98. The summed E-state index contributed by atoms with van der Waals surface area (Å²) in [4.78, 5) is 24.7. The average molecular weight is 491 g/mol. The van der Waals surface area contributed by atoms with Crippen molar-refractivity contribution >= 4 is 28.6 Å². The van der Waals surface area contributed by atoms with E-state index in [0.717, 1.165) is 12.1 Å². The number of alkyl halides is 3. The van der Waals surface area contributed by atoms with E-state index in [9.17, 15) is 23.1 Å². The van der Waals surface area contributed by atoms with Gasteiger partial charge in [0, 0.05) is 51.4 Å². The third-order valence-electron chi connectivity index (χ3n) is 6.31. The molecule has 1 atom stereocenters. The Morgan fingerprint density at radius 3 is 2.23 bits per heavy atom. The number of rotatable bonds is 5. The van der Waals surface area contributed by atoms with Crippen molar-refractivity contribution in [3.05, 3.63) is 41.6 Å². The summed E-state index contributed by atoms with van der Waals surface area (Å²) in [5.74, 6) is 0.923. The van der Waals surface area contributed by atoms with Crippen LogP contribution in [0.15, 0.2) is 30.5 Å². The Morgan fingerprint density at radius 1 is 1.06 bits per heavy atom. The molecule has 1 aliphatic heterocycles. The van der Waals surface area contributed by atoms with Gasteiger partial charge in [-0.3, -0.25) is 4.79 Å². The molecule has 0 saturated carbocycles. The van der Waals surface area contributed by atoms with E-state index in [1.165, 1.54) is 19.1 Å². The molecule has 1 amide bonds. The lowest BCUT2D eigenvalue weighted by Crippen LogP contribution is -2.48. The molecule has 0 spiro atoms. The summed E-state index contributed by atoms with van der Waals surface area (Å²) >= 11 is 0. The van der Waals surface area contributed by atoms with Gasteiger partial charge in [-0.25, -0.2) is 4.98 Å². The Balaban J connectivity index is 1.68. The van der Waals surface area contributed by atoms with Gasteiger partial charge >= 0.3 is 6.18 Å². The van der Waals surface area contributed by atoms with E-state index in [2.05, 4.69) is 10.3 Å². The first-order valence-electron chi connectivity index (χ1n) is 11.5. The minimum absolute atomic E-state index is 0.0143. The fourth-order valence-corrected chi connectivity index (χ4v) is 4.19. The van der Waals surface area contributed by atoms with Crippen LogP contribution in [0.4, 0.5) is 24.9 Å². The van der Waals surface area contributed by atoms with Crippen molar-refractivity contribution in [1.29, 1.82) is 0 Å². The fraction of sp³-hybridized carbons (Fsp3) is 0.458. The van der Waals surface area contributed by atoms with Gasteiger partial charge in [-0.2, -0.15) is 18.2 Å². The van der Waals surface area contributed by atoms with Gasteiger partial charge in [-0.1, -0.05) is 12.1 Å². The number of anilines is 2. The number of piperazine rings is 1. The number of carbonyl (C=O) groups is 1. The van der Waals surface area contributed by atoms with Crippen molar-refractivity contribution in [2.75, 3.05) is 36.4 Å². The zero-order valence-electron chi connectivity index (χ0n) is 20.1. The van der Waals surface area contributed by atoms with E-state index in [4.69, 9.17) is 4.98 Å². The molecule has 1 aromatic carbocycles. The van der Waals surface area contributed by atoms with Gasteiger partial charge in [0.25, 0.3) is 0 Å². The van der Waals surface area contributed by atoms with Crippen LogP contribution >= 0.6 is 0 Å². The maximum atomic E-state index is 13.0. The van der Waals surface area contributed by atoms with Crippen LogP contribution in [-0.4, -0.2) is 56.6 Å². The van der Waals surface area contributed by atoms with Crippen LogP contribution in [0.2, 0.25) is 0 Å². The lowest BCUT2D eigenvalue weighted by atomic mass is 10.1. The quantitative estimate of drug-likeness (QED) is 0.545. The van der Waals surface area contributed by atoms with Crippen molar-refractivity contribution in [3.63, 3.8) is 0 Å². The lowest BCUT2D eigenvalue weighted by molar-refractivity contribution is -0.137. The minimum Gasteiger partial charge on any atom is -0.493 e. The lowest BCUT2D eigenvalue weighted by Gasteiger charge is -2.34. The maximum Gasteiger partial charge on any atom is 0.416 e. The molecule has 0 radical (unpaired) electrons. The molecule has 0 bridgehead atoms. The number of amides is 1. The first-order chi connectivity index (χ1) is 16.5. The molecule has 3 heterocycles. The molecular weight excluding hydrogens is 461 g/mol. The van der Waals surface area contributed by atoms with Gasteiger partial charge in [0.1, 0.15) is 11.3 Å². The number of hydrogen-bond acceptors (Lipinski definition) is 6. The first kappa shape index (κ1) is 24.6. The van der Waals surface area contributed by atoms with Gasteiger partial charge in [0.15, 0.2) is 0 Å². The van der Waals surface area contributed by atoms with E-state index in [1.54, 1.807) is 15.7 Å². The molecule has 3 aromatic rings. The highest BCUT2D eigenvalue weighted by Crippen LogP contribution is 2.36. The van der Waals surface area contributed by atoms with Crippen LogP contribution < -0.4 is 10.2 Å². The number of aromatic nitrogens is 3. The smallest absolute Gasteiger partial charge is 0.416 e. The van der Waals surface area contributed by atoms with Gasteiger partial charge < -0.3 is 24.8 Å². The normalized spacial score (nSPS) is 15.7. The van der Waals surface area contributed by atoms with E-state index in [0.29, 0.717) is 54.4 Å². The van der Waals surface area contributed by atoms with E-state index in [-0.39, 0.29) is 23.9 Å². The summed E-state index contributed by atoms with van der Waals surface area (Å²) < 4.78 is 40.6. The number of nitrogens with one attached hydrogen (secondary N) is 1. The Bertz CT molecular complexity index is 1210. The highest BCUT2D eigenvalue weighted by Gasteiger charge is 2.30. The van der Waals surface area contributed by atoms with Crippen molar-refractivity contribution in [3.8, 4) is 5.88 Å². The SMILES string of the molecule is CC(=O)N1CCN(c2nc(NC(C)c3ccc(C(F)(F)F)cc3)c3cn(C(C)C)c(O)c3n2)CC1. The molecule has 1 aliphatic rings. The zero-order chi connectivity index (χ0) is 25.5. The summed E-state index contributed by atoms with van der Waals surface area (Å²) in [6, 6.07) is 4.62. The molecule has 11 heteroatoms. The monoisotopic (exact) mass is 490 g/mol. The minimum atomic E-state index is -4.40. The van der Waals surface area contributed by atoms with Crippen LogP contribution in [0.3, 0.4) is 0 Å². The van der Waals surface area contributed by atoms with Crippen LogP contribution in [-0.2, 0) is 11.0 Å². The highest BCUT2D eigenvalue weighted by atomic mass is 19.4. The highest BCUT2D eigenvalue weighted by molar-refractivity contribution is 5.94. The van der Waals surface area contributed by atoms with Crippen LogP contribution in [0, 0.1) is 0 Å². The Kier molecular flexibility index (Phi) is 6.52. The Labute approximate surface area is 201 Å². The van der Waals surface area contributed by atoms with Crippen LogP contribution in [0.1, 0.15) is 50.9 Å². The van der Waals surface area contributed by atoms with E-state index < -0.39 is 11.7 Å². The summed E-state index contributed by atoms with van der Waals surface area (Å²) in [6.07, 6.45) is -2.62. The van der Waals surface area contributed by atoms with Gasteiger partial charge in [-0.05, 0) is 38.5 Å². The molecule has 35 heavy (non-hydrogen) atoms. The summed E-state index contributed by atoms with van der Waals surface area (Å²) in [5.41, 5.74) is 0.345. The number of hydrogen-bond donors (Lipinski definition) is 2. The Morgan fingerprint density at radius 2 is 1.69 bits per heavy atom. The number of carbonyl (C=O) groups excluding carboxylic acids is 1. The molecule has 4 rings (SSSR count). The van der Waals surface area contributed by atoms with Gasteiger partial charge in [-0.15, -0.1) is 0 Å². The zero-order valence-corrected chi connectivity index (χ0v) is 20.1. The van der Waals surface area contributed by atoms with Crippen LogP contribution in [0.25, 0.3) is 10.9 Å². The molecule has 0 aliphatic carbocycles. The number of halogens is 3. The molecular formula is C24H29F3N6O2. The molecule has 2 aromatic heterocycles. The molecule has 1 unspecified atom stereocenters. The predicted molar refractivity (Wildman–Crippen MR) is 128 cm³/mol. The second-order valence-corrected chi connectivity index (χ2v) is 9.07. The fourth-order valence-electron chi connectivity index (χ4n) is 4.19. The summed E-state index contributed by atoms with van der Waals surface area (Å²) in [7, 11) is 0. The largest absolute Gasteiger partial charge is 0.493 e. The van der Waals surface area contributed by atoms with Crippen molar-refractivity contribution in [1.82, 2.24) is 19.4 Å². The number of aromatic hydroxyl groups is 1. The van der Waals surface area contributed by atoms with Crippen molar-refractivity contribution in [2.24, 2.45) is 0 Å². The summed E-state index contributed by atoms with van der Waals surface area (Å²) in [5, 5.41) is 14.8. The Hall–Kier alpha value is -3.50. The van der Waals surface area contributed by atoms with Crippen molar-refractivity contribution in [2.45, 2.75) is 46.0 Å². The van der Waals surface area contributed by atoms with Crippen LogP contribution in [0.5, 0.6) is 5.88 Å². The molecule has 188 valence electrons. The second kappa shape index (κ2) is 9.27. The second-order valence-electron chi connectivity index (χ2n) is 9.07. The number of fused-ring (bicyclic) bond motifs is 1. The van der Waals surface area contributed by atoms with Gasteiger partial charge in [0.05, 0.1) is 10.9 Å². The van der Waals surface area contributed by atoms with Crippen molar-refractivity contribution < 1.29 is 23.1 Å². The maximum absolute atomic E-state index is 13.0. The first-order valence-corrected chi connectivity index (χ1v) is 11.5. The predicted octanol–water partition coefficient (Wildman–Crippen LogP) is 4.58. The summed E-state index contributed by atoms with van der Waals surface area (Å²) in [6.45, 7) is 9.42. The number of nitrogens with zero attached hydrogens (tertiary/aromatic N) is 5. The molecule has 1 fully saturated rings.